The van der Waals surface area contributed by atoms with Crippen LogP contribution in [0.5, 0.6) is 0 Å². The van der Waals surface area contributed by atoms with Crippen LogP contribution in [-0.2, 0) is 11.2 Å². The fraction of sp³-hybridized carbons (Fsp3) is 0.500. The van der Waals surface area contributed by atoms with Crippen LogP contribution in [0.15, 0.2) is 12.1 Å². The summed E-state index contributed by atoms with van der Waals surface area (Å²) < 4.78 is 0. The van der Waals surface area contributed by atoms with Gasteiger partial charge in [0.25, 0.3) is 0 Å². The molecule has 0 saturated carbocycles. The fourth-order valence-electron chi connectivity index (χ4n) is 1.89. The van der Waals surface area contributed by atoms with E-state index >= 15 is 0 Å². The molecule has 1 aromatic carbocycles. The van der Waals surface area contributed by atoms with Crippen LogP contribution in [0.1, 0.15) is 44.2 Å². The number of carbonyl (C=O) groups excluding carboxylic acids is 1. The van der Waals surface area contributed by atoms with Gasteiger partial charge < -0.3 is 11.1 Å². The third-order valence-corrected chi connectivity index (χ3v) is 2.84. The fourth-order valence-corrected chi connectivity index (χ4v) is 1.89. The van der Waals surface area contributed by atoms with E-state index in [-0.39, 0.29) is 5.91 Å². The van der Waals surface area contributed by atoms with Gasteiger partial charge in [-0.1, -0.05) is 20.3 Å². The number of hydrogen-bond donors (Lipinski definition) is 2. The number of amides is 1. The zero-order chi connectivity index (χ0) is 12.8. The quantitative estimate of drug-likeness (QED) is 0.768. The lowest BCUT2D eigenvalue weighted by Gasteiger charge is -2.14. The number of nitrogen functional groups attached to an aromatic ring is 1. The average Bonchev–Trinajstić information content (AvgIpc) is 2.29. The Hall–Kier alpha value is -1.51. The van der Waals surface area contributed by atoms with Crippen LogP contribution >= 0.6 is 0 Å². The largest absolute Gasteiger partial charge is 0.399 e. The summed E-state index contributed by atoms with van der Waals surface area (Å²) >= 11 is 0. The monoisotopic (exact) mass is 234 g/mol. The Morgan fingerprint density at radius 1 is 1.35 bits per heavy atom. The highest BCUT2D eigenvalue weighted by molar-refractivity contribution is 5.92. The highest BCUT2D eigenvalue weighted by Gasteiger charge is 2.09. The highest BCUT2D eigenvalue weighted by atomic mass is 16.1. The molecule has 0 radical (unpaired) electrons. The smallest absolute Gasteiger partial charge is 0.224 e. The van der Waals surface area contributed by atoms with E-state index in [1.807, 2.05) is 19.1 Å². The lowest BCUT2D eigenvalue weighted by atomic mass is 10.0. The van der Waals surface area contributed by atoms with Crippen molar-refractivity contribution < 1.29 is 4.79 Å². The molecule has 0 unspecified atom stereocenters. The zero-order valence-corrected chi connectivity index (χ0v) is 11.0. The van der Waals surface area contributed by atoms with Crippen molar-refractivity contribution in [2.75, 3.05) is 11.1 Å². The van der Waals surface area contributed by atoms with Crippen molar-refractivity contribution >= 4 is 17.3 Å². The second-order valence-corrected chi connectivity index (χ2v) is 4.38. The molecule has 3 N–H and O–H groups in total. The first-order chi connectivity index (χ1) is 8.08. The standard InChI is InChI=1S/C14H22N2O/c1-4-6-7-13(17)16-14-10(3)8-12(15)9-11(14)5-2/h8-9H,4-7,15H2,1-3H3,(H,16,17). The third kappa shape index (κ3) is 3.77. The number of benzene rings is 1. The molecule has 94 valence electrons. The Morgan fingerprint density at radius 3 is 2.65 bits per heavy atom. The molecule has 0 spiro atoms. The van der Waals surface area contributed by atoms with Crippen molar-refractivity contribution in [1.82, 2.24) is 0 Å². The molecule has 0 aliphatic carbocycles. The summed E-state index contributed by atoms with van der Waals surface area (Å²) in [5.41, 5.74) is 9.63. The maximum atomic E-state index is 11.7. The summed E-state index contributed by atoms with van der Waals surface area (Å²) in [5.74, 6) is 0.0921. The molecule has 0 fully saturated rings. The molecule has 17 heavy (non-hydrogen) atoms. The van der Waals surface area contributed by atoms with E-state index < -0.39 is 0 Å². The van der Waals surface area contributed by atoms with Crippen molar-refractivity contribution in [3.8, 4) is 0 Å². The summed E-state index contributed by atoms with van der Waals surface area (Å²) in [6.45, 7) is 6.13. The molecular formula is C14H22N2O. The maximum Gasteiger partial charge on any atom is 0.224 e. The number of carbonyl (C=O) groups is 1. The molecule has 1 rings (SSSR count). The van der Waals surface area contributed by atoms with E-state index in [0.29, 0.717) is 6.42 Å². The van der Waals surface area contributed by atoms with E-state index in [1.165, 1.54) is 0 Å². The van der Waals surface area contributed by atoms with Crippen LogP contribution in [0.25, 0.3) is 0 Å². The Morgan fingerprint density at radius 2 is 2.06 bits per heavy atom. The van der Waals surface area contributed by atoms with Gasteiger partial charge in [0.15, 0.2) is 0 Å². The average molecular weight is 234 g/mol. The molecule has 0 bridgehead atoms. The van der Waals surface area contributed by atoms with Crippen molar-refractivity contribution in [3.05, 3.63) is 23.3 Å². The first-order valence-corrected chi connectivity index (χ1v) is 6.27. The molecule has 0 atom stereocenters. The maximum absolute atomic E-state index is 11.7. The number of nitrogens with two attached hydrogens (primary N) is 1. The van der Waals surface area contributed by atoms with Crippen LogP contribution in [-0.4, -0.2) is 5.91 Å². The van der Waals surface area contributed by atoms with Gasteiger partial charge in [-0.05, 0) is 43.0 Å². The Balaban J connectivity index is 2.86. The Kier molecular flexibility index (Phi) is 5.01. The minimum atomic E-state index is 0.0921. The van der Waals surface area contributed by atoms with E-state index in [1.54, 1.807) is 0 Å². The van der Waals surface area contributed by atoms with Crippen molar-refractivity contribution in [1.29, 1.82) is 0 Å². The van der Waals surface area contributed by atoms with E-state index in [9.17, 15) is 4.79 Å². The molecule has 3 nitrogen and oxygen atoms in total. The molecule has 1 amide bonds. The number of aryl methyl sites for hydroxylation is 2. The van der Waals surface area contributed by atoms with Crippen LogP contribution in [0.4, 0.5) is 11.4 Å². The molecule has 0 heterocycles. The van der Waals surface area contributed by atoms with Crippen LogP contribution in [0.3, 0.4) is 0 Å². The summed E-state index contributed by atoms with van der Waals surface area (Å²) in [6, 6.07) is 3.83. The van der Waals surface area contributed by atoms with Crippen LogP contribution < -0.4 is 11.1 Å². The Bertz CT molecular complexity index is 399. The SMILES string of the molecule is CCCCC(=O)Nc1c(C)cc(N)cc1CC. The molecule has 1 aromatic rings. The van der Waals surface area contributed by atoms with Crippen LogP contribution in [0.2, 0.25) is 0 Å². The van der Waals surface area contributed by atoms with Gasteiger partial charge in [-0.2, -0.15) is 0 Å². The number of hydrogen-bond acceptors (Lipinski definition) is 2. The number of rotatable bonds is 5. The number of unbranched alkanes of at least 4 members (excludes halogenated alkanes) is 1. The number of anilines is 2. The van der Waals surface area contributed by atoms with Gasteiger partial charge >= 0.3 is 0 Å². The molecule has 0 aliphatic heterocycles. The van der Waals surface area contributed by atoms with Gasteiger partial charge in [-0.15, -0.1) is 0 Å². The predicted octanol–water partition coefficient (Wildman–Crippen LogP) is 3.27. The predicted molar refractivity (Wildman–Crippen MR) is 73.1 cm³/mol. The van der Waals surface area contributed by atoms with Gasteiger partial charge in [0.05, 0.1) is 0 Å². The topological polar surface area (TPSA) is 55.1 Å². The second-order valence-electron chi connectivity index (χ2n) is 4.38. The highest BCUT2D eigenvalue weighted by Crippen LogP contribution is 2.25. The van der Waals surface area contributed by atoms with Gasteiger partial charge in [-0.25, -0.2) is 0 Å². The third-order valence-electron chi connectivity index (χ3n) is 2.84. The van der Waals surface area contributed by atoms with E-state index in [4.69, 9.17) is 5.73 Å². The van der Waals surface area contributed by atoms with E-state index in [2.05, 4.69) is 19.2 Å². The Labute approximate surface area is 103 Å². The normalized spacial score (nSPS) is 10.3. The van der Waals surface area contributed by atoms with Gasteiger partial charge in [0.2, 0.25) is 5.91 Å². The first-order valence-electron chi connectivity index (χ1n) is 6.27. The summed E-state index contributed by atoms with van der Waals surface area (Å²) in [6.07, 6.45) is 3.43. The van der Waals surface area contributed by atoms with E-state index in [0.717, 1.165) is 41.8 Å². The number of nitrogens with one attached hydrogen (secondary N) is 1. The summed E-state index contributed by atoms with van der Waals surface area (Å²) in [4.78, 5) is 11.7. The van der Waals surface area contributed by atoms with Crippen LogP contribution in [0, 0.1) is 6.92 Å². The molecular weight excluding hydrogens is 212 g/mol. The summed E-state index contributed by atoms with van der Waals surface area (Å²) in [5, 5.41) is 3.00. The lowest BCUT2D eigenvalue weighted by Crippen LogP contribution is -2.14. The molecule has 3 heteroatoms. The zero-order valence-electron chi connectivity index (χ0n) is 11.0. The summed E-state index contributed by atoms with van der Waals surface area (Å²) in [7, 11) is 0. The van der Waals surface area contributed by atoms with Gasteiger partial charge in [-0.3, -0.25) is 4.79 Å². The first kappa shape index (κ1) is 13.6. The minimum Gasteiger partial charge on any atom is -0.399 e. The molecule has 0 aromatic heterocycles. The van der Waals surface area contributed by atoms with Gasteiger partial charge in [0, 0.05) is 17.8 Å². The van der Waals surface area contributed by atoms with Crippen molar-refractivity contribution in [3.63, 3.8) is 0 Å². The van der Waals surface area contributed by atoms with Crippen molar-refractivity contribution in [2.45, 2.75) is 46.5 Å². The van der Waals surface area contributed by atoms with Gasteiger partial charge in [0.1, 0.15) is 0 Å². The molecule has 0 saturated heterocycles. The van der Waals surface area contributed by atoms with Crippen molar-refractivity contribution in [2.24, 2.45) is 0 Å². The lowest BCUT2D eigenvalue weighted by molar-refractivity contribution is -0.116. The second kappa shape index (κ2) is 6.28. The minimum absolute atomic E-state index is 0.0921. The molecule has 0 aliphatic rings.